The van der Waals surface area contributed by atoms with Crippen LogP contribution in [0.25, 0.3) is 0 Å². The highest BCUT2D eigenvalue weighted by molar-refractivity contribution is 5.89. The minimum atomic E-state index is -0.704. The third kappa shape index (κ3) is 4.59. The maximum absolute atomic E-state index is 13.6. The third-order valence-electron chi connectivity index (χ3n) is 2.62. The van der Waals surface area contributed by atoms with Crippen LogP contribution in [0.5, 0.6) is 0 Å². The molecule has 0 aromatic heterocycles. The van der Waals surface area contributed by atoms with Crippen LogP contribution in [0.15, 0.2) is 18.2 Å². The summed E-state index contributed by atoms with van der Waals surface area (Å²) in [5, 5.41) is 12.1. The van der Waals surface area contributed by atoms with Gasteiger partial charge in [-0.3, -0.25) is 0 Å². The first-order chi connectivity index (χ1) is 9.12. The number of aliphatic hydroxyl groups excluding tert-OH is 1. The van der Waals surface area contributed by atoms with Gasteiger partial charge in [0.15, 0.2) is 0 Å². The van der Waals surface area contributed by atoms with Gasteiger partial charge in [0, 0.05) is 13.7 Å². The van der Waals surface area contributed by atoms with E-state index >= 15 is 0 Å². The van der Waals surface area contributed by atoms with Crippen LogP contribution in [0, 0.1) is 5.82 Å². The average molecular weight is 271 g/mol. The molecule has 0 aliphatic heterocycles. The van der Waals surface area contributed by atoms with Crippen molar-refractivity contribution in [2.75, 3.05) is 27.4 Å². The van der Waals surface area contributed by atoms with E-state index in [4.69, 9.17) is 9.84 Å². The lowest BCUT2D eigenvalue weighted by molar-refractivity contribution is 0.0595. The van der Waals surface area contributed by atoms with Crippen LogP contribution in [0.2, 0.25) is 0 Å². The topological polar surface area (TPSA) is 67.8 Å². The molecule has 0 radical (unpaired) electrons. The minimum Gasteiger partial charge on any atom is -0.465 e. The molecule has 6 heteroatoms. The van der Waals surface area contributed by atoms with Gasteiger partial charge in [-0.2, -0.15) is 0 Å². The number of methoxy groups -OCH3 is 2. The van der Waals surface area contributed by atoms with Gasteiger partial charge in [-0.1, -0.05) is 6.07 Å². The Labute approximate surface area is 111 Å². The Kier molecular flexibility index (Phi) is 6.41. The van der Waals surface area contributed by atoms with Crippen LogP contribution < -0.4 is 5.32 Å². The molecule has 2 N–H and O–H groups in total. The van der Waals surface area contributed by atoms with Crippen LogP contribution in [-0.4, -0.2) is 44.6 Å². The van der Waals surface area contributed by atoms with Crippen molar-refractivity contribution in [3.63, 3.8) is 0 Å². The van der Waals surface area contributed by atoms with Crippen molar-refractivity contribution < 1.29 is 23.8 Å². The number of halogens is 1. The Morgan fingerprint density at radius 3 is 2.74 bits per heavy atom. The van der Waals surface area contributed by atoms with Gasteiger partial charge in [-0.25, -0.2) is 9.18 Å². The molecule has 0 saturated carbocycles. The highest BCUT2D eigenvalue weighted by Gasteiger charge is 2.13. The fourth-order valence-corrected chi connectivity index (χ4v) is 1.58. The first-order valence-electron chi connectivity index (χ1n) is 5.82. The first kappa shape index (κ1) is 15.6. The number of nitrogens with one attached hydrogen (secondary N) is 1. The van der Waals surface area contributed by atoms with Crippen LogP contribution in [-0.2, 0) is 16.0 Å². The van der Waals surface area contributed by atoms with Crippen LogP contribution in [0.3, 0.4) is 0 Å². The number of hydrogen-bond donors (Lipinski definition) is 2. The van der Waals surface area contributed by atoms with Gasteiger partial charge in [0.25, 0.3) is 0 Å². The molecule has 1 aromatic carbocycles. The molecule has 0 heterocycles. The molecule has 106 valence electrons. The number of carbonyl (C=O) groups is 1. The quantitative estimate of drug-likeness (QED) is 0.715. The van der Waals surface area contributed by atoms with E-state index in [9.17, 15) is 9.18 Å². The van der Waals surface area contributed by atoms with E-state index in [-0.39, 0.29) is 18.2 Å². The summed E-state index contributed by atoms with van der Waals surface area (Å²) in [6, 6.07) is 4.06. The van der Waals surface area contributed by atoms with Gasteiger partial charge in [0.2, 0.25) is 0 Å². The van der Waals surface area contributed by atoms with E-state index in [1.165, 1.54) is 26.4 Å². The summed E-state index contributed by atoms with van der Waals surface area (Å²) in [4.78, 5) is 11.2. The summed E-state index contributed by atoms with van der Waals surface area (Å²) in [6.45, 7) is 0.656. The SMILES string of the molecule is COCC(CO)NCc1ccc(C(=O)OC)c(F)c1. The van der Waals surface area contributed by atoms with E-state index in [0.717, 1.165) is 0 Å². The van der Waals surface area contributed by atoms with Gasteiger partial charge in [-0.05, 0) is 17.7 Å². The molecule has 19 heavy (non-hydrogen) atoms. The van der Waals surface area contributed by atoms with Crippen molar-refractivity contribution >= 4 is 5.97 Å². The number of rotatable bonds is 7. The van der Waals surface area contributed by atoms with Crippen LogP contribution >= 0.6 is 0 Å². The average Bonchev–Trinajstić information content (AvgIpc) is 2.42. The summed E-state index contributed by atoms with van der Waals surface area (Å²) in [5.74, 6) is -1.33. The highest BCUT2D eigenvalue weighted by atomic mass is 19.1. The number of esters is 1. The molecule has 0 bridgehead atoms. The lowest BCUT2D eigenvalue weighted by Gasteiger charge is -2.15. The Morgan fingerprint density at radius 2 is 2.21 bits per heavy atom. The lowest BCUT2D eigenvalue weighted by atomic mass is 10.1. The molecule has 0 spiro atoms. The zero-order valence-corrected chi connectivity index (χ0v) is 11.0. The van der Waals surface area contributed by atoms with E-state index < -0.39 is 11.8 Å². The molecule has 0 aliphatic carbocycles. The number of hydrogen-bond acceptors (Lipinski definition) is 5. The number of carbonyl (C=O) groups excluding carboxylic acids is 1. The highest BCUT2D eigenvalue weighted by Crippen LogP contribution is 2.11. The monoisotopic (exact) mass is 271 g/mol. The van der Waals surface area contributed by atoms with Gasteiger partial charge < -0.3 is 19.9 Å². The molecule has 0 aliphatic rings. The molecule has 1 unspecified atom stereocenters. The van der Waals surface area contributed by atoms with E-state index in [0.29, 0.717) is 18.7 Å². The standard InChI is InChI=1S/C13H18FNO4/c1-18-8-10(7-16)15-6-9-3-4-11(12(14)5-9)13(17)19-2/h3-5,10,15-16H,6-8H2,1-2H3. The molecule has 1 aromatic rings. The molecule has 5 nitrogen and oxygen atoms in total. The van der Waals surface area contributed by atoms with Gasteiger partial charge in [0.05, 0.1) is 31.9 Å². The van der Waals surface area contributed by atoms with Crippen molar-refractivity contribution in [1.29, 1.82) is 0 Å². The van der Waals surface area contributed by atoms with E-state index in [1.54, 1.807) is 6.07 Å². The van der Waals surface area contributed by atoms with Crippen LogP contribution in [0.1, 0.15) is 15.9 Å². The Balaban J connectivity index is 2.65. The molecule has 1 atom stereocenters. The maximum atomic E-state index is 13.6. The van der Waals surface area contributed by atoms with Crippen molar-refractivity contribution in [1.82, 2.24) is 5.32 Å². The second-order valence-corrected chi connectivity index (χ2v) is 4.02. The molecule has 0 saturated heterocycles. The van der Waals surface area contributed by atoms with Crippen molar-refractivity contribution in [3.05, 3.63) is 35.1 Å². The Hall–Kier alpha value is -1.50. The van der Waals surface area contributed by atoms with Gasteiger partial charge in [-0.15, -0.1) is 0 Å². The van der Waals surface area contributed by atoms with Crippen LogP contribution in [0.4, 0.5) is 4.39 Å². The summed E-state index contributed by atoms with van der Waals surface area (Å²) in [5.41, 5.74) is 0.571. The molecular formula is C13H18FNO4. The number of benzene rings is 1. The lowest BCUT2D eigenvalue weighted by Crippen LogP contribution is -2.35. The summed E-state index contributed by atoms with van der Waals surface area (Å²) in [7, 11) is 2.74. The van der Waals surface area contributed by atoms with Gasteiger partial charge >= 0.3 is 5.97 Å². The Bertz CT molecular complexity index is 425. The summed E-state index contributed by atoms with van der Waals surface area (Å²) < 4.78 is 23.0. The predicted octanol–water partition coefficient (Wildman–Crippen LogP) is 0.709. The van der Waals surface area contributed by atoms with E-state index in [2.05, 4.69) is 10.1 Å². The van der Waals surface area contributed by atoms with E-state index in [1.807, 2.05) is 0 Å². The largest absolute Gasteiger partial charge is 0.465 e. The fourth-order valence-electron chi connectivity index (χ4n) is 1.58. The predicted molar refractivity (Wildman–Crippen MR) is 67.3 cm³/mol. The normalized spacial score (nSPS) is 12.2. The summed E-state index contributed by atoms with van der Waals surface area (Å²) in [6.07, 6.45) is 0. The number of ether oxygens (including phenoxy) is 2. The fraction of sp³-hybridized carbons (Fsp3) is 0.462. The van der Waals surface area contributed by atoms with Gasteiger partial charge in [0.1, 0.15) is 5.82 Å². The molecule has 0 fully saturated rings. The molecule has 0 amide bonds. The molecular weight excluding hydrogens is 253 g/mol. The smallest absolute Gasteiger partial charge is 0.340 e. The maximum Gasteiger partial charge on any atom is 0.340 e. The second kappa shape index (κ2) is 7.83. The van der Waals surface area contributed by atoms with Crippen molar-refractivity contribution in [3.8, 4) is 0 Å². The molecule has 1 rings (SSSR count). The minimum absolute atomic E-state index is 0.0729. The van der Waals surface area contributed by atoms with Crippen molar-refractivity contribution in [2.24, 2.45) is 0 Å². The number of aliphatic hydroxyl groups is 1. The first-order valence-corrected chi connectivity index (χ1v) is 5.82. The second-order valence-electron chi connectivity index (χ2n) is 4.02. The Morgan fingerprint density at radius 1 is 1.47 bits per heavy atom. The third-order valence-corrected chi connectivity index (χ3v) is 2.62. The van der Waals surface area contributed by atoms with Crippen molar-refractivity contribution in [2.45, 2.75) is 12.6 Å². The zero-order valence-electron chi connectivity index (χ0n) is 11.0. The zero-order chi connectivity index (χ0) is 14.3. The summed E-state index contributed by atoms with van der Waals surface area (Å²) >= 11 is 0.